The van der Waals surface area contributed by atoms with Crippen molar-refractivity contribution in [3.63, 3.8) is 0 Å². The van der Waals surface area contributed by atoms with E-state index in [1.54, 1.807) is 19.1 Å². The number of aliphatic hydroxyl groups is 1. The molecule has 1 aromatic carbocycles. The fourth-order valence-electron chi connectivity index (χ4n) is 1.94. The van der Waals surface area contributed by atoms with Crippen molar-refractivity contribution in [3.8, 4) is 0 Å². The summed E-state index contributed by atoms with van der Waals surface area (Å²) < 4.78 is 26.8. The second-order valence-electron chi connectivity index (χ2n) is 4.17. The van der Waals surface area contributed by atoms with Gasteiger partial charge in [-0.2, -0.15) is 4.31 Å². The number of benzene rings is 1. The first-order valence-electron chi connectivity index (χ1n) is 5.36. The Balaban J connectivity index is 2.42. The Morgan fingerprint density at radius 2 is 2.18 bits per heavy atom. The minimum atomic E-state index is -3.48. The van der Waals surface area contributed by atoms with Crippen molar-refractivity contribution in [2.45, 2.75) is 24.3 Å². The highest BCUT2D eigenvalue weighted by molar-refractivity contribution is 9.10. The lowest BCUT2D eigenvalue weighted by Gasteiger charge is -2.17. The Morgan fingerprint density at radius 1 is 1.47 bits per heavy atom. The third-order valence-corrected chi connectivity index (χ3v) is 5.83. The maximum atomic E-state index is 12.3. The number of hydrogen-bond donors (Lipinski definition) is 1. The molecule has 6 heteroatoms. The normalized spacial score (nSPS) is 21.9. The molecule has 0 spiro atoms. The number of aliphatic hydroxyl groups excluding tert-OH is 1. The first kappa shape index (κ1) is 13.0. The van der Waals surface area contributed by atoms with Crippen LogP contribution < -0.4 is 0 Å². The van der Waals surface area contributed by atoms with Crippen molar-refractivity contribution < 1.29 is 13.5 Å². The van der Waals surface area contributed by atoms with Gasteiger partial charge < -0.3 is 5.11 Å². The molecule has 1 N–H and O–H groups in total. The standard InChI is InChI=1S/C11H14BrNO3S/c1-8-10(12)3-2-4-11(8)17(15,16)13-6-5-9(14)7-13/h2-4,9,14H,5-7H2,1H3/t9-/m0/s1. The molecular formula is C11H14BrNO3S. The summed E-state index contributed by atoms with van der Waals surface area (Å²) in [5, 5.41) is 9.42. The van der Waals surface area contributed by atoms with Gasteiger partial charge in [0.2, 0.25) is 10.0 Å². The zero-order valence-corrected chi connectivity index (χ0v) is 11.8. The molecule has 1 atom stereocenters. The van der Waals surface area contributed by atoms with Gasteiger partial charge in [-0.15, -0.1) is 0 Å². The lowest BCUT2D eigenvalue weighted by molar-refractivity contribution is 0.189. The van der Waals surface area contributed by atoms with E-state index in [-0.39, 0.29) is 6.54 Å². The molecule has 1 aromatic rings. The molecule has 0 bridgehead atoms. The first-order chi connectivity index (χ1) is 7.93. The Hall–Kier alpha value is -0.430. The van der Waals surface area contributed by atoms with Crippen molar-refractivity contribution in [2.24, 2.45) is 0 Å². The summed E-state index contributed by atoms with van der Waals surface area (Å²) in [5.74, 6) is 0. The van der Waals surface area contributed by atoms with E-state index < -0.39 is 16.1 Å². The smallest absolute Gasteiger partial charge is 0.243 e. The van der Waals surface area contributed by atoms with E-state index in [1.807, 2.05) is 6.07 Å². The summed E-state index contributed by atoms with van der Waals surface area (Å²) in [5.41, 5.74) is 0.703. The number of rotatable bonds is 2. The molecular weight excluding hydrogens is 306 g/mol. The Labute approximate surface area is 109 Å². The van der Waals surface area contributed by atoms with Crippen molar-refractivity contribution >= 4 is 26.0 Å². The SMILES string of the molecule is Cc1c(Br)cccc1S(=O)(=O)N1CC[C@H](O)C1. The van der Waals surface area contributed by atoms with Crippen LogP contribution in [-0.2, 0) is 10.0 Å². The Bertz CT molecular complexity index is 530. The molecule has 17 heavy (non-hydrogen) atoms. The van der Waals surface area contributed by atoms with Crippen LogP contribution in [-0.4, -0.2) is 37.0 Å². The minimum Gasteiger partial charge on any atom is -0.392 e. The Morgan fingerprint density at radius 3 is 2.76 bits per heavy atom. The third-order valence-electron chi connectivity index (χ3n) is 2.96. The predicted molar refractivity (Wildman–Crippen MR) is 68.3 cm³/mol. The maximum absolute atomic E-state index is 12.3. The van der Waals surface area contributed by atoms with Gasteiger partial charge in [-0.25, -0.2) is 8.42 Å². The molecule has 94 valence electrons. The molecule has 0 aromatic heterocycles. The number of hydrogen-bond acceptors (Lipinski definition) is 3. The summed E-state index contributed by atoms with van der Waals surface area (Å²) in [6.07, 6.45) is -0.0380. The molecule has 1 saturated heterocycles. The van der Waals surface area contributed by atoms with Crippen molar-refractivity contribution in [3.05, 3.63) is 28.2 Å². The first-order valence-corrected chi connectivity index (χ1v) is 7.59. The zero-order valence-electron chi connectivity index (χ0n) is 9.43. The summed E-state index contributed by atoms with van der Waals surface area (Å²) in [4.78, 5) is 0.306. The van der Waals surface area contributed by atoms with Crippen LogP contribution in [0.3, 0.4) is 0 Å². The Kier molecular flexibility index (Phi) is 3.58. The molecule has 4 nitrogen and oxygen atoms in total. The van der Waals surface area contributed by atoms with E-state index in [9.17, 15) is 13.5 Å². The van der Waals surface area contributed by atoms with E-state index in [1.165, 1.54) is 4.31 Å². The van der Waals surface area contributed by atoms with Gasteiger partial charge in [0.1, 0.15) is 0 Å². The molecule has 0 unspecified atom stereocenters. The largest absolute Gasteiger partial charge is 0.392 e. The van der Waals surface area contributed by atoms with E-state index in [2.05, 4.69) is 15.9 Å². The number of nitrogens with zero attached hydrogens (tertiary/aromatic N) is 1. The van der Waals surface area contributed by atoms with Crippen LogP contribution in [0.1, 0.15) is 12.0 Å². The topological polar surface area (TPSA) is 57.6 Å². The average Bonchev–Trinajstić information content (AvgIpc) is 2.69. The van der Waals surface area contributed by atoms with Crippen LogP contribution in [0.5, 0.6) is 0 Å². The van der Waals surface area contributed by atoms with E-state index in [0.29, 0.717) is 23.4 Å². The van der Waals surface area contributed by atoms with Gasteiger partial charge in [0.05, 0.1) is 11.0 Å². The van der Waals surface area contributed by atoms with Crippen LogP contribution in [0.15, 0.2) is 27.6 Å². The van der Waals surface area contributed by atoms with E-state index in [0.717, 1.165) is 4.47 Å². The molecule has 0 amide bonds. The highest BCUT2D eigenvalue weighted by atomic mass is 79.9. The van der Waals surface area contributed by atoms with E-state index in [4.69, 9.17) is 0 Å². The number of sulfonamides is 1. The highest BCUT2D eigenvalue weighted by Gasteiger charge is 2.32. The maximum Gasteiger partial charge on any atom is 0.243 e. The molecule has 2 rings (SSSR count). The third kappa shape index (κ3) is 2.40. The fourth-order valence-corrected chi connectivity index (χ4v) is 4.17. The van der Waals surface area contributed by atoms with Crippen LogP contribution in [0.25, 0.3) is 0 Å². The molecule has 0 aliphatic carbocycles. The van der Waals surface area contributed by atoms with Gasteiger partial charge in [0.15, 0.2) is 0 Å². The quantitative estimate of drug-likeness (QED) is 0.899. The van der Waals surface area contributed by atoms with Crippen molar-refractivity contribution in [2.75, 3.05) is 13.1 Å². The minimum absolute atomic E-state index is 0.189. The van der Waals surface area contributed by atoms with Crippen LogP contribution in [0.2, 0.25) is 0 Å². The second-order valence-corrected chi connectivity index (χ2v) is 6.93. The van der Waals surface area contributed by atoms with Gasteiger partial charge in [-0.3, -0.25) is 0 Å². The van der Waals surface area contributed by atoms with Gasteiger partial charge in [-0.05, 0) is 31.0 Å². The van der Waals surface area contributed by atoms with Gasteiger partial charge in [-0.1, -0.05) is 22.0 Å². The second kappa shape index (κ2) is 4.68. The van der Waals surface area contributed by atoms with Crippen LogP contribution in [0, 0.1) is 6.92 Å². The van der Waals surface area contributed by atoms with E-state index >= 15 is 0 Å². The van der Waals surface area contributed by atoms with Crippen LogP contribution >= 0.6 is 15.9 Å². The van der Waals surface area contributed by atoms with Gasteiger partial charge in [0.25, 0.3) is 0 Å². The average molecular weight is 320 g/mol. The number of β-amino-alcohol motifs (C(OH)–C–C–N with tert-alkyl or cyclic N) is 1. The lowest BCUT2D eigenvalue weighted by Crippen LogP contribution is -2.30. The lowest BCUT2D eigenvalue weighted by atomic mass is 10.2. The summed E-state index contributed by atoms with van der Waals surface area (Å²) in [7, 11) is -3.48. The summed E-state index contributed by atoms with van der Waals surface area (Å²) in [6.45, 7) is 2.34. The summed E-state index contributed by atoms with van der Waals surface area (Å²) in [6, 6.07) is 5.11. The van der Waals surface area contributed by atoms with Crippen LogP contribution in [0.4, 0.5) is 0 Å². The summed E-state index contributed by atoms with van der Waals surface area (Å²) >= 11 is 3.33. The monoisotopic (exact) mass is 319 g/mol. The zero-order chi connectivity index (χ0) is 12.6. The van der Waals surface area contributed by atoms with Gasteiger partial charge in [0, 0.05) is 17.6 Å². The molecule has 1 fully saturated rings. The molecule has 1 heterocycles. The fraction of sp³-hybridized carbons (Fsp3) is 0.455. The van der Waals surface area contributed by atoms with Crippen molar-refractivity contribution in [1.29, 1.82) is 0 Å². The number of halogens is 1. The highest BCUT2D eigenvalue weighted by Crippen LogP contribution is 2.27. The molecule has 0 radical (unpaired) electrons. The van der Waals surface area contributed by atoms with Crippen molar-refractivity contribution in [1.82, 2.24) is 4.31 Å². The molecule has 0 saturated carbocycles. The molecule has 1 aliphatic heterocycles. The predicted octanol–water partition coefficient (Wildman–Crippen LogP) is 1.51. The van der Waals surface area contributed by atoms with Gasteiger partial charge >= 0.3 is 0 Å². The molecule has 1 aliphatic rings.